The number of para-hydroxylation sites is 1. The van der Waals surface area contributed by atoms with Gasteiger partial charge in [0.1, 0.15) is 11.6 Å². The van der Waals surface area contributed by atoms with E-state index in [1.54, 1.807) is 24.3 Å². The van der Waals surface area contributed by atoms with Crippen LogP contribution in [-0.4, -0.2) is 24.6 Å². The van der Waals surface area contributed by atoms with Crippen molar-refractivity contribution < 1.29 is 18.7 Å². The van der Waals surface area contributed by atoms with Gasteiger partial charge in [0.15, 0.2) is 0 Å². The lowest BCUT2D eigenvalue weighted by molar-refractivity contribution is -0.119. The van der Waals surface area contributed by atoms with Gasteiger partial charge in [-0.05, 0) is 54.4 Å². The number of hydrogen-bond donors (Lipinski definition) is 2. The minimum absolute atomic E-state index is 0.0769. The molecule has 0 spiro atoms. The van der Waals surface area contributed by atoms with Gasteiger partial charge in [-0.2, -0.15) is 5.10 Å². The third-order valence-corrected chi connectivity index (χ3v) is 4.12. The highest BCUT2D eigenvalue weighted by atomic mass is 19.1. The van der Waals surface area contributed by atoms with Crippen molar-refractivity contribution >= 4 is 23.8 Å². The number of hydrazone groups is 1. The number of halogens is 1. The van der Waals surface area contributed by atoms with Crippen LogP contribution in [0.2, 0.25) is 0 Å². The van der Waals surface area contributed by atoms with E-state index >= 15 is 0 Å². The number of anilines is 1. The lowest BCUT2D eigenvalue weighted by Gasteiger charge is -2.08. The van der Waals surface area contributed by atoms with E-state index < -0.39 is 11.8 Å². The van der Waals surface area contributed by atoms with Crippen LogP contribution in [0.25, 0.3) is 0 Å². The molecule has 0 aromatic heterocycles. The summed E-state index contributed by atoms with van der Waals surface area (Å²) in [4.78, 5) is 24.0. The molecule has 1 amide bonds. The summed E-state index contributed by atoms with van der Waals surface area (Å²) in [7, 11) is 0. The molecule has 2 N–H and O–H groups in total. The Morgan fingerprint density at radius 1 is 1.03 bits per heavy atom. The highest BCUT2D eigenvalue weighted by molar-refractivity contribution is 5.91. The third kappa shape index (κ3) is 6.00. The van der Waals surface area contributed by atoms with Crippen LogP contribution in [-0.2, 0) is 4.79 Å². The summed E-state index contributed by atoms with van der Waals surface area (Å²) in [6.07, 6.45) is 1.44. The second kappa shape index (κ2) is 9.97. The van der Waals surface area contributed by atoms with Gasteiger partial charge in [-0.1, -0.05) is 36.4 Å². The molecule has 152 valence electrons. The van der Waals surface area contributed by atoms with Crippen molar-refractivity contribution in [1.29, 1.82) is 0 Å². The molecule has 0 heterocycles. The average molecular weight is 405 g/mol. The van der Waals surface area contributed by atoms with E-state index in [2.05, 4.69) is 15.8 Å². The molecule has 7 heteroatoms. The zero-order valence-electron chi connectivity index (χ0n) is 16.3. The predicted molar refractivity (Wildman–Crippen MR) is 113 cm³/mol. The second-order valence-electron chi connectivity index (χ2n) is 6.43. The number of rotatable bonds is 7. The SMILES string of the molecule is Cc1ccccc1NCC(=O)NN=Cc1cccc(OC(=O)c2cccc(F)c2)c1. The number of hydrogen-bond acceptors (Lipinski definition) is 5. The van der Waals surface area contributed by atoms with E-state index in [9.17, 15) is 14.0 Å². The van der Waals surface area contributed by atoms with Gasteiger partial charge in [0.25, 0.3) is 5.91 Å². The number of ether oxygens (including phenoxy) is 1. The van der Waals surface area contributed by atoms with E-state index in [1.165, 1.54) is 24.4 Å². The van der Waals surface area contributed by atoms with Crippen molar-refractivity contribution in [2.75, 3.05) is 11.9 Å². The Labute approximate surface area is 173 Å². The minimum atomic E-state index is -0.667. The maximum Gasteiger partial charge on any atom is 0.343 e. The quantitative estimate of drug-likeness (QED) is 0.270. The summed E-state index contributed by atoms with van der Waals surface area (Å²) in [5, 5.41) is 6.95. The smallest absolute Gasteiger partial charge is 0.343 e. The van der Waals surface area contributed by atoms with Crippen molar-refractivity contribution in [2.45, 2.75) is 6.92 Å². The Hall–Kier alpha value is -4.00. The van der Waals surface area contributed by atoms with Gasteiger partial charge in [-0.15, -0.1) is 0 Å². The molecular weight excluding hydrogens is 385 g/mol. The van der Waals surface area contributed by atoms with E-state index in [0.717, 1.165) is 17.3 Å². The fraction of sp³-hybridized carbons (Fsp3) is 0.0870. The molecular formula is C23H20FN3O3. The number of benzene rings is 3. The number of amides is 1. The molecule has 3 rings (SSSR count). The first-order valence-electron chi connectivity index (χ1n) is 9.20. The lowest BCUT2D eigenvalue weighted by Crippen LogP contribution is -2.26. The van der Waals surface area contributed by atoms with Crippen LogP contribution in [0.4, 0.5) is 10.1 Å². The van der Waals surface area contributed by atoms with Crippen molar-refractivity contribution in [1.82, 2.24) is 5.43 Å². The number of aryl methyl sites for hydroxylation is 1. The average Bonchev–Trinajstić information content (AvgIpc) is 2.73. The van der Waals surface area contributed by atoms with Crippen LogP contribution in [0.3, 0.4) is 0 Å². The van der Waals surface area contributed by atoms with Gasteiger partial charge in [0, 0.05) is 5.69 Å². The van der Waals surface area contributed by atoms with Gasteiger partial charge in [-0.3, -0.25) is 4.79 Å². The van der Waals surface area contributed by atoms with Gasteiger partial charge >= 0.3 is 5.97 Å². The van der Waals surface area contributed by atoms with Crippen molar-refractivity contribution in [3.05, 3.63) is 95.3 Å². The van der Waals surface area contributed by atoms with Crippen molar-refractivity contribution in [2.24, 2.45) is 5.10 Å². The second-order valence-corrected chi connectivity index (χ2v) is 6.43. The van der Waals surface area contributed by atoms with E-state index in [0.29, 0.717) is 5.56 Å². The number of nitrogens with zero attached hydrogens (tertiary/aromatic N) is 1. The molecule has 0 aliphatic heterocycles. The third-order valence-electron chi connectivity index (χ3n) is 4.12. The van der Waals surface area contributed by atoms with Crippen molar-refractivity contribution in [3.63, 3.8) is 0 Å². The van der Waals surface area contributed by atoms with Gasteiger partial charge in [0.2, 0.25) is 0 Å². The molecule has 0 radical (unpaired) electrons. The number of carbonyl (C=O) groups is 2. The Balaban J connectivity index is 1.53. The fourth-order valence-electron chi connectivity index (χ4n) is 2.60. The minimum Gasteiger partial charge on any atom is -0.423 e. The maximum absolute atomic E-state index is 13.2. The first kappa shape index (κ1) is 20.7. The van der Waals surface area contributed by atoms with E-state index in [4.69, 9.17) is 4.74 Å². The van der Waals surface area contributed by atoms with Gasteiger partial charge < -0.3 is 10.1 Å². The van der Waals surface area contributed by atoms with Crippen molar-refractivity contribution in [3.8, 4) is 5.75 Å². The van der Waals surface area contributed by atoms with Crippen LogP contribution in [0, 0.1) is 12.7 Å². The maximum atomic E-state index is 13.2. The van der Waals surface area contributed by atoms with Gasteiger partial charge in [0.05, 0.1) is 18.3 Å². The monoisotopic (exact) mass is 405 g/mol. The molecule has 30 heavy (non-hydrogen) atoms. The predicted octanol–water partition coefficient (Wildman–Crippen LogP) is 3.92. The molecule has 0 bridgehead atoms. The zero-order valence-corrected chi connectivity index (χ0v) is 16.3. The van der Waals surface area contributed by atoms with E-state index in [-0.39, 0.29) is 23.8 Å². The van der Waals surface area contributed by atoms with Crippen LogP contribution in [0.1, 0.15) is 21.5 Å². The topological polar surface area (TPSA) is 79.8 Å². The summed E-state index contributed by atoms with van der Waals surface area (Å²) in [5.74, 6) is -1.21. The molecule has 6 nitrogen and oxygen atoms in total. The molecule has 0 fully saturated rings. The summed E-state index contributed by atoms with van der Waals surface area (Å²) >= 11 is 0. The Morgan fingerprint density at radius 3 is 2.63 bits per heavy atom. The largest absolute Gasteiger partial charge is 0.423 e. The van der Waals surface area contributed by atoms with Crippen LogP contribution < -0.4 is 15.5 Å². The fourth-order valence-corrected chi connectivity index (χ4v) is 2.60. The standard InChI is InChI=1S/C23H20FN3O3/c1-16-6-2-3-11-21(16)25-15-22(28)27-26-14-17-7-4-10-20(12-17)30-23(29)18-8-5-9-19(24)13-18/h2-14,25H,15H2,1H3,(H,27,28). The molecule has 0 aliphatic carbocycles. The Bertz CT molecular complexity index is 1080. The molecule has 0 saturated carbocycles. The summed E-state index contributed by atoms with van der Waals surface area (Å²) in [6.45, 7) is 2.03. The molecule has 3 aromatic rings. The van der Waals surface area contributed by atoms with Gasteiger partial charge in [-0.25, -0.2) is 14.6 Å². The molecule has 0 atom stereocenters. The van der Waals surface area contributed by atoms with Crippen LogP contribution >= 0.6 is 0 Å². The number of carbonyl (C=O) groups excluding carboxylic acids is 2. The highest BCUT2D eigenvalue weighted by Crippen LogP contribution is 2.15. The lowest BCUT2D eigenvalue weighted by atomic mass is 10.2. The Kier molecular flexibility index (Phi) is 6.89. The first-order chi connectivity index (χ1) is 14.5. The molecule has 0 saturated heterocycles. The summed E-state index contributed by atoms with van der Waals surface area (Å²) in [6, 6.07) is 19.5. The number of esters is 1. The number of nitrogens with one attached hydrogen (secondary N) is 2. The molecule has 0 aliphatic rings. The van der Waals surface area contributed by atoms with E-state index in [1.807, 2.05) is 31.2 Å². The Morgan fingerprint density at radius 2 is 1.83 bits per heavy atom. The normalized spacial score (nSPS) is 10.6. The molecule has 3 aromatic carbocycles. The van der Waals surface area contributed by atoms with Crippen LogP contribution in [0.15, 0.2) is 77.9 Å². The summed E-state index contributed by atoms with van der Waals surface area (Å²) < 4.78 is 18.5. The zero-order chi connectivity index (χ0) is 21.3. The first-order valence-corrected chi connectivity index (χ1v) is 9.20. The van der Waals surface area contributed by atoms with Crippen LogP contribution in [0.5, 0.6) is 5.75 Å². The summed E-state index contributed by atoms with van der Waals surface area (Å²) in [5.41, 5.74) is 5.08. The molecule has 0 unspecified atom stereocenters. The highest BCUT2D eigenvalue weighted by Gasteiger charge is 2.09.